The highest BCUT2D eigenvalue weighted by Crippen LogP contribution is 2.12. The molecule has 1 saturated heterocycles. The molecule has 1 aliphatic heterocycles. The van der Waals surface area contributed by atoms with Crippen LogP contribution in [0, 0.1) is 6.92 Å². The van der Waals surface area contributed by atoms with Crippen molar-refractivity contribution in [3.05, 3.63) is 23.5 Å². The maximum absolute atomic E-state index is 12.0. The van der Waals surface area contributed by atoms with Crippen LogP contribution in [0.1, 0.15) is 36.9 Å². The number of aryl methyl sites for hydroxylation is 1. The van der Waals surface area contributed by atoms with Gasteiger partial charge >= 0.3 is 0 Å². The Morgan fingerprint density at radius 1 is 1.31 bits per heavy atom. The lowest BCUT2D eigenvalue weighted by Crippen LogP contribution is -2.32. The molecule has 0 aliphatic carbocycles. The van der Waals surface area contributed by atoms with E-state index < -0.39 is 0 Å². The van der Waals surface area contributed by atoms with E-state index in [1.54, 1.807) is 0 Å². The Bertz CT molecular complexity index is 349. The summed E-state index contributed by atoms with van der Waals surface area (Å²) >= 11 is 0. The lowest BCUT2D eigenvalue weighted by Gasteiger charge is -2.19. The van der Waals surface area contributed by atoms with Gasteiger partial charge in [-0.2, -0.15) is 0 Å². The molecule has 2 rings (SSSR count). The number of carbonyl (C=O) groups excluding carboxylic acids is 1. The Labute approximate surface area is 96.8 Å². The summed E-state index contributed by atoms with van der Waals surface area (Å²) < 4.78 is 0. The van der Waals surface area contributed by atoms with Crippen LogP contribution in [0.2, 0.25) is 0 Å². The number of amides is 1. The number of nitrogens with one attached hydrogen (secondary N) is 1. The Balaban J connectivity index is 1.91. The number of aromatic nitrogens is 1. The third-order valence-corrected chi connectivity index (χ3v) is 3.20. The molecule has 1 N–H and O–H groups in total. The lowest BCUT2D eigenvalue weighted by molar-refractivity contribution is -0.130. The average molecular weight is 220 g/mol. The predicted molar refractivity (Wildman–Crippen MR) is 64.3 cm³/mol. The van der Waals surface area contributed by atoms with Crippen LogP contribution in [0.3, 0.4) is 0 Å². The minimum atomic E-state index is 0.279. The van der Waals surface area contributed by atoms with Crippen LogP contribution in [-0.4, -0.2) is 28.9 Å². The smallest absolute Gasteiger partial charge is 0.227 e. The summed E-state index contributed by atoms with van der Waals surface area (Å²) in [5.74, 6) is 0.279. The van der Waals surface area contributed by atoms with E-state index in [1.807, 2.05) is 18.0 Å². The number of hydrogen-bond donors (Lipinski definition) is 1. The molecule has 1 fully saturated rings. The molecule has 0 saturated carbocycles. The first-order valence-corrected chi connectivity index (χ1v) is 6.17. The summed E-state index contributed by atoms with van der Waals surface area (Å²) in [6, 6.07) is 2.05. The van der Waals surface area contributed by atoms with Crippen molar-refractivity contribution >= 4 is 5.91 Å². The Morgan fingerprint density at radius 3 is 2.56 bits per heavy atom. The minimum Gasteiger partial charge on any atom is -0.365 e. The van der Waals surface area contributed by atoms with Gasteiger partial charge in [-0.05, 0) is 31.4 Å². The van der Waals surface area contributed by atoms with Crippen molar-refractivity contribution in [2.24, 2.45) is 0 Å². The van der Waals surface area contributed by atoms with Gasteiger partial charge in [0.25, 0.3) is 0 Å². The van der Waals surface area contributed by atoms with Gasteiger partial charge in [-0.3, -0.25) is 4.79 Å². The van der Waals surface area contributed by atoms with E-state index in [0.29, 0.717) is 6.42 Å². The van der Waals surface area contributed by atoms with Crippen LogP contribution in [0.5, 0.6) is 0 Å². The van der Waals surface area contributed by atoms with Crippen molar-refractivity contribution in [3.8, 4) is 0 Å². The molecule has 3 nitrogen and oxygen atoms in total. The first-order valence-electron chi connectivity index (χ1n) is 6.17. The molecule has 0 spiro atoms. The number of nitrogens with zero attached hydrogens (tertiary/aromatic N) is 1. The second-order valence-electron chi connectivity index (χ2n) is 4.66. The fourth-order valence-corrected chi connectivity index (χ4v) is 2.28. The highest BCUT2D eigenvalue weighted by Gasteiger charge is 2.15. The lowest BCUT2D eigenvalue weighted by atomic mass is 10.2. The van der Waals surface area contributed by atoms with Gasteiger partial charge in [-0.15, -0.1) is 0 Å². The zero-order chi connectivity index (χ0) is 11.4. The van der Waals surface area contributed by atoms with Crippen molar-refractivity contribution in [1.29, 1.82) is 0 Å². The largest absolute Gasteiger partial charge is 0.365 e. The number of likely N-dealkylation sites (tertiary alicyclic amines) is 1. The Morgan fingerprint density at radius 2 is 2.00 bits per heavy atom. The quantitative estimate of drug-likeness (QED) is 0.815. The number of H-pyrrole nitrogens is 1. The SMILES string of the molecule is Cc1cc(CC(=O)N2CCCCCC2)c[nH]1. The van der Waals surface area contributed by atoms with Gasteiger partial charge in [-0.25, -0.2) is 0 Å². The van der Waals surface area contributed by atoms with Gasteiger partial charge < -0.3 is 9.88 Å². The van der Waals surface area contributed by atoms with Crippen molar-refractivity contribution in [2.45, 2.75) is 39.0 Å². The van der Waals surface area contributed by atoms with E-state index in [1.165, 1.54) is 12.8 Å². The molecule has 1 aromatic heterocycles. The summed E-state index contributed by atoms with van der Waals surface area (Å²) in [5.41, 5.74) is 2.23. The molecule has 1 aromatic rings. The molecular weight excluding hydrogens is 200 g/mol. The zero-order valence-corrected chi connectivity index (χ0v) is 9.96. The number of carbonyl (C=O) groups is 1. The van der Waals surface area contributed by atoms with E-state index in [-0.39, 0.29) is 5.91 Å². The van der Waals surface area contributed by atoms with Crippen LogP contribution in [0.25, 0.3) is 0 Å². The number of rotatable bonds is 2. The molecular formula is C13H20N2O. The predicted octanol–water partition coefficient (Wildman–Crippen LogP) is 2.27. The molecule has 3 heteroatoms. The van der Waals surface area contributed by atoms with Gasteiger partial charge in [0.05, 0.1) is 6.42 Å². The summed E-state index contributed by atoms with van der Waals surface area (Å²) in [7, 11) is 0. The topological polar surface area (TPSA) is 36.1 Å². The maximum Gasteiger partial charge on any atom is 0.227 e. The monoisotopic (exact) mass is 220 g/mol. The summed E-state index contributed by atoms with van der Waals surface area (Å²) in [4.78, 5) is 17.2. The molecule has 0 bridgehead atoms. The highest BCUT2D eigenvalue weighted by atomic mass is 16.2. The van der Waals surface area contributed by atoms with Crippen LogP contribution in [-0.2, 0) is 11.2 Å². The van der Waals surface area contributed by atoms with Gasteiger partial charge in [0, 0.05) is 25.0 Å². The van der Waals surface area contributed by atoms with Crippen molar-refractivity contribution in [1.82, 2.24) is 9.88 Å². The molecule has 0 unspecified atom stereocenters. The summed E-state index contributed by atoms with van der Waals surface area (Å²) in [5, 5.41) is 0. The van der Waals surface area contributed by atoms with Gasteiger partial charge in [0.2, 0.25) is 5.91 Å². The van der Waals surface area contributed by atoms with Gasteiger partial charge in [0.1, 0.15) is 0 Å². The molecule has 1 aliphatic rings. The molecule has 2 heterocycles. The first-order chi connectivity index (χ1) is 7.75. The van der Waals surface area contributed by atoms with Crippen LogP contribution in [0.15, 0.2) is 12.3 Å². The normalized spacial score (nSPS) is 17.2. The van der Waals surface area contributed by atoms with E-state index in [0.717, 1.165) is 37.2 Å². The van der Waals surface area contributed by atoms with Crippen molar-refractivity contribution in [3.63, 3.8) is 0 Å². The summed E-state index contributed by atoms with van der Waals surface area (Å²) in [6.45, 7) is 3.91. The molecule has 0 aromatic carbocycles. The highest BCUT2D eigenvalue weighted by molar-refractivity contribution is 5.78. The molecule has 1 amide bonds. The molecule has 0 radical (unpaired) electrons. The first kappa shape index (κ1) is 11.2. The fraction of sp³-hybridized carbons (Fsp3) is 0.615. The Hall–Kier alpha value is -1.25. The third kappa shape index (κ3) is 2.87. The van der Waals surface area contributed by atoms with E-state index >= 15 is 0 Å². The summed E-state index contributed by atoms with van der Waals surface area (Å²) in [6.07, 6.45) is 7.35. The number of hydrogen-bond acceptors (Lipinski definition) is 1. The van der Waals surface area contributed by atoms with E-state index in [2.05, 4.69) is 11.1 Å². The Kier molecular flexibility index (Phi) is 3.65. The van der Waals surface area contributed by atoms with Crippen LogP contribution in [0.4, 0.5) is 0 Å². The van der Waals surface area contributed by atoms with E-state index in [9.17, 15) is 4.79 Å². The fourth-order valence-electron chi connectivity index (χ4n) is 2.28. The molecule has 0 atom stereocenters. The molecule has 88 valence electrons. The van der Waals surface area contributed by atoms with Crippen LogP contribution >= 0.6 is 0 Å². The van der Waals surface area contributed by atoms with Gasteiger partial charge in [0.15, 0.2) is 0 Å². The zero-order valence-electron chi connectivity index (χ0n) is 9.96. The second kappa shape index (κ2) is 5.19. The third-order valence-electron chi connectivity index (χ3n) is 3.20. The van der Waals surface area contributed by atoms with Crippen molar-refractivity contribution < 1.29 is 4.79 Å². The van der Waals surface area contributed by atoms with Gasteiger partial charge in [-0.1, -0.05) is 12.8 Å². The van der Waals surface area contributed by atoms with Crippen molar-refractivity contribution in [2.75, 3.05) is 13.1 Å². The molecule has 16 heavy (non-hydrogen) atoms. The maximum atomic E-state index is 12.0. The second-order valence-corrected chi connectivity index (χ2v) is 4.66. The number of aromatic amines is 1. The average Bonchev–Trinajstić information content (AvgIpc) is 2.56. The minimum absolute atomic E-state index is 0.279. The van der Waals surface area contributed by atoms with Crippen LogP contribution < -0.4 is 0 Å². The standard InChI is InChI=1S/C13H20N2O/c1-11-8-12(10-14-11)9-13(16)15-6-4-2-3-5-7-15/h8,10,14H,2-7,9H2,1H3. The van der Waals surface area contributed by atoms with E-state index in [4.69, 9.17) is 0 Å².